The van der Waals surface area contributed by atoms with Crippen LogP contribution >= 0.6 is 0 Å². The molecule has 19 heavy (non-hydrogen) atoms. The fourth-order valence-corrected chi connectivity index (χ4v) is 3.37. The Morgan fingerprint density at radius 2 is 1.63 bits per heavy atom. The van der Waals surface area contributed by atoms with E-state index in [2.05, 4.69) is 52.8 Å². The molecule has 2 heteroatoms. The van der Waals surface area contributed by atoms with Crippen molar-refractivity contribution in [2.45, 2.75) is 18.8 Å². The quantitative estimate of drug-likeness (QED) is 0.675. The summed E-state index contributed by atoms with van der Waals surface area (Å²) in [6, 6.07) is 15.3. The minimum Gasteiger partial charge on any atom is -0.354 e. The number of hydrogen-bond acceptors (Lipinski definition) is 1. The summed E-state index contributed by atoms with van der Waals surface area (Å²) in [4.78, 5) is 3.62. The van der Waals surface area contributed by atoms with Crippen molar-refractivity contribution in [1.82, 2.24) is 10.3 Å². The van der Waals surface area contributed by atoms with Crippen molar-refractivity contribution < 1.29 is 0 Å². The molecule has 3 aromatic rings. The summed E-state index contributed by atoms with van der Waals surface area (Å²) in [6.07, 6.45) is 2.49. The van der Waals surface area contributed by atoms with Crippen LogP contribution in [0, 0.1) is 0 Å². The highest BCUT2D eigenvalue weighted by Crippen LogP contribution is 2.34. The van der Waals surface area contributed by atoms with Crippen LogP contribution in [0.4, 0.5) is 0 Å². The molecule has 0 aliphatic carbocycles. The Morgan fingerprint density at radius 3 is 2.53 bits per heavy atom. The molecule has 96 valence electrons. The van der Waals surface area contributed by atoms with E-state index < -0.39 is 0 Å². The van der Waals surface area contributed by atoms with Crippen molar-refractivity contribution in [3.05, 3.63) is 48.0 Å². The van der Waals surface area contributed by atoms with Gasteiger partial charge >= 0.3 is 0 Å². The average molecular weight is 250 g/mol. The third-order valence-corrected chi connectivity index (χ3v) is 4.35. The second-order valence-electron chi connectivity index (χ2n) is 5.46. The molecule has 1 aromatic heterocycles. The number of fused-ring (bicyclic) bond motifs is 3. The highest BCUT2D eigenvalue weighted by molar-refractivity contribution is 6.08. The van der Waals surface area contributed by atoms with Gasteiger partial charge in [0, 0.05) is 21.8 Å². The number of aromatic nitrogens is 1. The van der Waals surface area contributed by atoms with Crippen LogP contribution in [0.15, 0.2) is 42.5 Å². The molecule has 2 heterocycles. The lowest BCUT2D eigenvalue weighted by atomic mass is 9.89. The molecule has 0 saturated carbocycles. The molecule has 0 atom stereocenters. The number of rotatable bonds is 1. The SMILES string of the molecule is c1ccc2c(c1)[nH]c1c(C3CCNCC3)cccc12. The number of para-hydroxylation sites is 2. The lowest BCUT2D eigenvalue weighted by Crippen LogP contribution is -2.26. The van der Waals surface area contributed by atoms with E-state index >= 15 is 0 Å². The predicted octanol–water partition coefficient (Wildman–Crippen LogP) is 3.79. The van der Waals surface area contributed by atoms with Crippen LogP contribution in [-0.4, -0.2) is 18.1 Å². The van der Waals surface area contributed by atoms with Gasteiger partial charge in [0.2, 0.25) is 0 Å². The highest BCUT2D eigenvalue weighted by Gasteiger charge is 2.18. The smallest absolute Gasteiger partial charge is 0.0500 e. The summed E-state index contributed by atoms with van der Waals surface area (Å²) >= 11 is 0. The lowest BCUT2D eigenvalue weighted by molar-refractivity contribution is 0.462. The van der Waals surface area contributed by atoms with Gasteiger partial charge in [-0.2, -0.15) is 0 Å². The van der Waals surface area contributed by atoms with E-state index in [1.807, 2.05) is 0 Å². The van der Waals surface area contributed by atoms with Gasteiger partial charge in [-0.25, -0.2) is 0 Å². The van der Waals surface area contributed by atoms with Gasteiger partial charge in [-0.3, -0.25) is 0 Å². The number of benzene rings is 2. The maximum atomic E-state index is 3.62. The van der Waals surface area contributed by atoms with Gasteiger partial charge in [-0.05, 0) is 43.5 Å². The lowest BCUT2D eigenvalue weighted by Gasteiger charge is -2.23. The molecule has 2 nitrogen and oxygen atoms in total. The average Bonchev–Trinajstić information content (AvgIpc) is 2.87. The standard InChI is InChI=1S/C17H18N2/c1-2-7-16-14(4-1)15-6-3-5-13(17(15)19-16)12-8-10-18-11-9-12/h1-7,12,18-19H,8-11H2. The topological polar surface area (TPSA) is 27.8 Å². The van der Waals surface area contributed by atoms with Crippen LogP contribution in [0.25, 0.3) is 21.8 Å². The fraction of sp³-hybridized carbons (Fsp3) is 0.294. The first-order valence-electron chi connectivity index (χ1n) is 7.13. The number of H-pyrrole nitrogens is 1. The summed E-state index contributed by atoms with van der Waals surface area (Å²) in [5, 5.41) is 6.16. The van der Waals surface area contributed by atoms with Crippen molar-refractivity contribution in [2.75, 3.05) is 13.1 Å². The summed E-state index contributed by atoms with van der Waals surface area (Å²) < 4.78 is 0. The van der Waals surface area contributed by atoms with Gasteiger partial charge in [0.05, 0.1) is 0 Å². The Kier molecular flexibility index (Phi) is 2.56. The van der Waals surface area contributed by atoms with Gasteiger partial charge in [0.25, 0.3) is 0 Å². The second kappa shape index (κ2) is 4.39. The van der Waals surface area contributed by atoms with Crippen molar-refractivity contribution in [3.8, 4) is 0 Å². The van der Waals surface area contributed by atoms with E-state index in [4.69, 9.17) is 0 Å². The van der Waals surface area contributed by atoms with E-state index in [0.29, 0.717) is 5.92 Å². The molecule has 2 N–H and O–H groups in total. The first-order valence-corrected chi connectivity index (χ1v) is 7.13. The highest BCUT2D eigenvalue weighted by atomic mass is 14.9. The minimum atomic E-state index is 0.693. The van der Waals surface area contributed by atoms with Crippen LogP contribution in [0.5, 0.6) is 0 Å². The first kappa shape index (κ1) is 11.1. The zero-order valence-electron chi connectivity index (χ0n) is 10.9. The Balaban J connectivity index is 1.95. The van der Waals surface area contributed by atoms with Crippen LogP contribution < -0.4 is 5.32 Å². The zero-order valence-corrected chi connectivity index (χ0v) is 10.9. The summed E-state index contributed by atoms with van der Waals surface area (Å²) in [6.45, 7) is 2.28. The van der Waals surface area contributed by atoms with E-state index in [0.717, 1.165) is 13.1 Å². The van der Waals surface area contributed by atoms with Gasteiger partial charge < -0.3 is 10.3 Å². The van der Waals surface area contributed by atoms with Crippen LogP contribution in [-0.2, 0) is 0 Å². The van der Waals surface area contributed by atoms with Crippen LogP contribution in [0.2, 0.25) is 0 Å². The Hall–Kier alpha value is -1.80. The predicted molar refractivity (Wildman–Crippen MR) is 80.6 cm³/mol. The molecule has 2 aromatic carbocycles. The number of nitrogens with one attached hydrogen (secondary N) is 2. The zero-order chi connectivity index (χ0) is 12.7. The van der Waals surface area contributed by atoms with Crippen molar-refractivity contribution >= 4 is 21.8 Å². The molecule has 0 spiro atoms. The van der Waals surface area contributed by atoms with E-state index in [9.17, 15) is 0 Å². The molecule has 1 aliphatic heterocycles. The first-order chi connectivity index (χ1) is 9.43. The maximum absolute atomic E-state index is 3.62. The Bertz CT molecular complexity index is 720. The fourth-order valence-electron chi connectivity index (χ4n) is 3.37. The van der Waals surface area contributed by atoms with E-state index in [-0.39, 0.29) is 0 Å². The molecule has 0 bridgehead atoms. The van der Waals surface area contributed by atoms with Gasteiger partial charge in [0.15, 0.2) is 0 Å². The van der Waals surface area contributed by atoms with Crippen molar-refractivity contribution in [2.24, 2.45) is 0 Å². The van der Waals surface area contributed by atoms with E-state index in [1.165, 1.54) is 40.2 Å². The monoisotopic (exact) mass is 250 g/mol. The Morgan fingerprint density at radius 1 is 0.842 bits per heavy atom. The van der Waals surface area contributed by atoms with Crippen molar-refractivity contribution in [3.63, 3.8) is 0 Å². The second-order valence-corrected chi connectivity index (χ2v) is 5.46. The minimum absolute atomic E-state index is 0.693. The van der Waals surface area contributed by atoms with Crippen molar-refractivity contribution in [1.29, 1.82) is 0 Å². The molecule has 0 unspecified atom stereocenters. The van der Waals surface area contributed by atoms with Crippen LogP contribution in [0.3, 0.4) is 0 Å². The maximum Gasteiger partial charge on any atom is 0.0500 e. The third kappa shape index (κ3) is 1.75. The summed E-state index contributed by atoms with van der Waals surface area (Å²) in [5.74, 6) is 0.693. The summed E-state index contributed by atoms with van der Waals surface area (Å²) in [5.41, 5.74) is 4.09. The molecule has 4 rings (SSSR count). The van der Waals surface area contributed by atoms with Gasteiger partial charge in [-0.15, -0.1) is 0 Å². The number of aromatic amines is 1. The molecule has 1 saturated heterocycles. The number of piperidine rings is 1. The summed E-state index contributed by atoms with van der Waals surface area (Å²) in [7, 11) is 0. The molecule has 1 aliphatic rings. The molecule has 0 radical (unpaired) electrons. The van der Waals surface area contributed by atoms with Crippen LogP contribution in [0.1, 0.15) is 24.3 Å². The molecule has 0 amide bonds. The normalized spacial score (nSPS) is 17.3. The molecular weight excluding hydrogens is 232 g/mol. The Labute approximate surface area is 112 Å². The van der Waals surface area contributed by atoms with Gasteiger partial charge in [-0.1, -0.05) is 36.4 Å². The molecule has 1 fully saturated rings. The number of hydrogen-bond donors (Lipinski definition) is 2. The third-order valence-electron chi connectivity index (χ3n) is 4.35. The molecular formula is C17H18N2. The largest absolute Gasteiger partial charge is 0.354 e. The van der Waals surface area contributed by atoms with E-state index in [1.54, 1.807) is 0 Å². The van der Waals surface area contributed by atoms with Gasteiger partial charge in [0.1, 0.15) is 0 Å².